The number of thioether (sulfide) groups is 1. The molecule has 0 spiro atoms. The average molecular weight is 226 g/mol. The number of carbonyl (C=O) groups excluding carboxylic acids is 1. The largest absolute Gasteiger partial charge is 0.396 e. The van der Waals surface area contributed by atoms with Gasteiger partial charge in [-0.15, -0.1) is 0 Å². The van der Waals surface area contributed by atoms with Gasteiger partial charge >= 0.3 is 0 Å². The molecule has 0 aromatic carbocycles. The quantitative estimate of drug-likeness (QED) is 0.757. The SMILES string of the molecule is Cn1ncc(N)c1C(=O)NC1CCSC1. The smallest absolute Gasteiger partial charge is 0.271 e. The Bertz CT molecular complexity index is 351. The van der Waals surface area contributed by atoms with Gasteiger partial charge in [0.25, 0.3) is 5.91 Å². The lowest BCUT2D eigenvalue weighted by Crippen LogP contribution is -2.36. The predicted molar refractivity (Wildman–Crippen MR) is 60.8 cm³/mol. The molecule has 1 fully saturated rings. The monoisotopic (exact) mass is 226 g/mol. The molecule has 1 aliphatic rings. The summed E-state index contributed by atoms with van der Waals surface area (Å²) in [6.07, 6.45) is 2.53. The van der Waals surface area contributed by atoms with Gasteiger partial charge < -0.3 is 11.1 Å². The first-order valence-electron chi connectivity index (χ1n) is 4.84. The highest BCUT2D eigenvalue weighted by Crippen LogP contribution is 2.18. The molecule has 0 aliphatic carbocycles. The third kappa shape index (κ3) is 2.09. The van der Waals surface area contributed by atoms with E-state index in [4.69, 9.17) is 5.73 Å². The Morgan fingerprint density at radius 1 is 1.80 bits per heavy atom. The lowest BCUT2D eigenvalue weighted by atomic mass is 10.2. The number of hydrogen-bond acceptors (Lipinski definition) is 4. The maximum absolute atomic E-state index is 11.8. The third-order valence-corrected chi connectivity index (χ3v) is 3.61. The van der Waals surface area contributed by atoms with E-state index in [1.165, 1.54) is 10.9 Å². The van der Waals surface area contributed by atoms with Gasteiger partial charge in [0, 0.05) is 18.8 Å². The van der Waals surface area contributed by atoms with Gasteiger partial charge in [0.2, 0.25) is 0 Å². The zero-order valence-electron chi connectivity index (χ0n) is 8.56. The topological polar surface area (TPSA) is 72.9 Å². The highest BCUT2D eigenvalue weighted by molar-refractivity contribution is 7.99. The Hall–Kier alpha value is -1.17. The van der Waals surface area contributed by atoms with Crippen LogP contribution in [0.15, 0.2) is 6.20 Å². The van der Waals surface area contributed by atoms with Crippen molar-refractivity contribution in [3.05, 3.63) is 11.9 Å². The molecule has 82 valence electrons. The van der Waals surface area contributed by atoms with Gasteiger partial charge in [0.1, 0.15) is 5.69 Å². The number of hydrogen-bond donors (Lipinski definition) is 2. The molecule has 15 heavy (non-hydrogen) atoms. The number of anilines is 1. The van der Waals surface area contributed by atoms with Crippen LogP contribution in [0.3, 0.4) is 0 Å². The molecule has 1 aromatic heterocycles. The summed E-state index contributed by atoms with van der Waals surface area (Å²) >= 11 is 1.86. The predicted octanol–water partition coefficient (Wildman–Crippen LogP) is 0.238. The highest BCUT2D eigenvalue weighted by Gasteiger charge is 2.21. The minimum absolute atomic E-state index is 0.125. The summed E-state index contributed by atoms with van der Waals surface area (Å²) in [6.45, 7) is 0. The molecule has 6 heteroatoms. The van der Waals surface area contributed by atoms with Crippen molar-refractivity contribution in [3.8, 4) is 0 Å². The maximum Gasteiger partial charge on any atom is 0.271 e. The minimum atomic E-state index is -0.125. The van der Waals surface area contributed by atoms with Gasteiger partial charge in [0.15, 0.2) is 0 Å². The van der Waals surface area contributed by atoms with Crippen molar-refractivity contribution in [3.63, 3.8) is 0 Å². The summed E-state index contributed by atoms with van der Waals surface area (Å²) in [7, 11) is 1.72. The molecule has 0 bridgehead atoms. The second-order valence-electron chi connectivity index (χ2n) is 3.61. The molecule has 1 aliphatic heterocycles. The van der Waals surface area contributed by atoms with Crippen LogP contribution in [0.1, 0.15) is 16.9 Å². The van der Waals surface area contributed by atoms with E-state index in [1.54, 1.807) is 7.05 Å². The molecule has 1 atom stereocenters. The number of carbonyl (C=O) groups is 1. The van der Waals surface area contributed by atoms with Gasteiger partial charge in [0.05, 0.1) is 11.9 Å². The molecule has 2 heterocycles. The van der Waals surface area contributed by atoms with Crippen molar-refractivity contribution in [1.82, 2.24) is 15.1 Å². The summed E-state index contributed by atoms with van der Waals surface area (Å²) in [6, 6.07) is 0.275. The van der Waals surface area contributed by atoms with E-state index in [0.717, 1.165) is 17.9 Å². The van der Waals surface area contributed by atoms with Crippen molar-refractivity contribution in [2.45, 2.75) is 12.5 Å². The van der Waals surface area contributed by atoms with Crippen LogP contribution in [0, 0.1) is 0 Å². The number of rotatable bonds is 2. The van der Waals surface area contributed by atoms with Gasteiger partial charge in [-0.1, -0.05) is 0 Å². The minimum Gasteiger partial charge on any atom is -0.396 e. The van der Waals surface area contributed by atoms with Crippen molar-refractivity contribution in [2.75, 3.05) is 17.2 Å². The first-order valence-corrected chi connectivity index (χ1v) is 6.00. The summed E-state index contributed by atoms with van der Waals surface area (Å²) in [4.78, 5) is 11.8. The lowest BCUT2D eigenvalue weighted by molar-refractivity contribution is 0.0932. The van der Waals surface area contributed by atoms with Crippen molar-refractivity contribution in [1.29, 1.82) is 0 Å². The van der Waals surface area contributed by atoms with E-state index in [2.05, 4.69) is 10.4 Å². The number of nitrogens with one attached hydrogen (secondary N) is 1. The van der Waals surface area contributed by atoms with E-state index < -0.39 is 0 Å². The Morgan fingerprint density at radius 3 is 3.13 bits per heavy atom. The van der Waals surface area contributed by atoms with Gasteiger partial charge in [-0.05, 0) is 12.2 Å². The molecular weight excluding hydrogens is 212 g/mol. The van der Waals surface area contributed by atoms with E-state index in [0.29, 0.717) is 11.4 Å². The van der Waals surface area contributed by atoms with Crippen LogP contribution >= 0.6 is 11.8 Å². The van der Waals surface area contributed by atoms with Gasteiger partial charge in [-0.3, -0.25) is 9.48 Å². The second kappa shape index (κ2) is 4.14. The standard InChI is InChI=1S/C9H14N4OS/c1-13-8(7(10)4-11-13)9(14)12-6-2-3-15-5-6/h4,6H,2-3,5,10H2,1H3,(H,12,14). The number of nitrogens with two attached hydrogens (primary N) is 1. The fourth-order valence-corrected chi connectivity index (χ4v) is 2.79. The van der Waals surface area contributed by atoms with E-state index in [9.17, 15) is 4.79 Å². The normalized spacial score (nSPS) is 20.5. The summed E-state index contributed by atoms with van der Waals surface area (Å²) in [5, 5.41) is 6.90. The molecule has 3 N–H and O–H groups in total. The van der Waals surface area contributed by atoms with Gasteiger partial charge in [-0.2, -0.15) is 16.9 Å². The van der Waals surface area contributed by atoms with Crippen molar-refractivity contribution in [2.24, 2.45) is 7.05 Å². The maximum atomic E-state index is 11.8. The fourth-order valence-electron chi connectivity index (χ4n) is 1.63. The number of aryl methyl sites for hydroxylation is 1. The fraction of sp³-hybridized carbons (Fsp3) is 0.556. The van der Waals surface area contributed by atoms with E-state index >= 15 is 0 Å². The second-order valence-corrected chi connectivity index (χ2v) is 4.76. The van der Waals surface area contributed by atoms with E-state index in [1.807, 2.05) is 11.8 Å². The highest BCUT2D eigenvalue weighted by atomic mass is 32.2. The summed E-state index contributed by atoms with van der Waals surface area (Å²) in [5.74, 6) is 1.98. The van der Waals surface area contributed by atoms with Crippen LogP contribution in [-0.4, -0.2) is 33.2 Å². The van der Waals surface area contributed by atoms with Crippen LogP contribution in [0.5, 0.6) is 0 Å². The molecule has 1 aromatic rings. The summed E-state index contributed by atoms with van der Waals surface area (Å²) in [5.41, 5.74) is 6.55. The molecule has 2 rings (SSSR count). The van der Waals surface area contributed by atoms with Crippen molar-refractivity contribution >= 4 is 23.4 Å². The van der Waals surface area contributed by atoms with Crippen LogP contribution in [0.25, 0.3) is 0 Å². The van der Waals surface area contributed by atoms with Gasteiger partial charge in [-0.25, -0.2) is 0 Å². The van der Waals surface area contributed by atoms with Crippen LogP contribution in [0.2, 0.25) is 0 Å². The summed E-state index contributed by atoms with van der Waals surface area (Å²) < 4.78 is 1.51. The molecule has 0 saturated carbocycles. The number of aromatic nitrogens is 2. The molecule has 0 radical (unpaired) electrons. The van der Waals surface area contributed by atoms with Crippen molar-refractivity contribution < 1.29 is 4.79 Å². The number of nitrogens with zero attached hydrogens (tertiary/aromatic N) is 2. The van der Waals surface area contributed by atoms with Crippen LogP contribution in [-0.2, 0) is 7.05 Å². The molecule has 1 amide bonds. The molecule has 5 nitrogen and oxygen atoms in total. The first kappa shape index (κ1) is 10.4. The Balaban J connectivity index is 2.07. The molecular formula is C9H14N4OS. The Labute approximate surface area is 92.4 Å². The molecule has 1 saturated heterocycles. The first-order chi connectivity index (χ1) is 7.18. The van der Waals surface area contributed by atoms with Crippen LogP contribution in [0.4, 0.5) is 5.69 Å². The zero-order chi connectivity index (χ0) is 10.8. The number of amides is 1. The Kier molecular flexibility index (Phi) is 2.86. The molecule has 1 unspecified atom stereocenters. The Morgan fingerprint density at radius 2 is 2.60 bits per heavy atom. The lowest BCUT2D eigenvalue weighted by Gasteiger charge is -2.11. The number of nitrogen functional groups attached to an aromatic ring is 1. The third-order valence-electron chi connectivity index (χ3n) is 2.45. The average Bonchev–Trinajstić information content (AvgIpc) is 2.77. The zero-order valence-corrected chi connectivity index (χ0v) is 9.38. The van der Waals surface area contributed by atoms with Crippen LogP contribution < -0.4 is 11.1 Å². The van der Waals surface area contributed by atoms with E-state index in [-0.39, 0.29) is 11.9 Å².